The Bertz CT molecular complexity index is 889. The van der Waals surface area contributed by atoms with Crippen LogP contribution in [0.2, 0.25) is 0 Å². The Balaban J connectivity index is 1.99. The van der Waals surface area contributed by atoms with Crippen LogP contribution < -0.4 is 5.32 Å². The molecule has 1 N–H and O–H groups in total. The van der Waals surface area contributed by atoms with Crippen molar-refractivity contribution < 1.29 is 19.0 Å². The van der Waals surface area contributed by atoms with Crippen LogP contribution in [-0.2, 0) is 19.0 Å². The first kappa shape index (κ1) is 22.9. The Kier molecular flexibility index (Phi) is 8.13. The van der Waals surface area contributed by atoms with Crippen LogP contribution in [0.5, 0.6) is 0 Å². The van der Waals surface area contributed by atoms with Gasteiger partial charge in [-0.1, -0.05) is 25.0 Å². The fourth-order valence-corrected chi connectivity index (χ4v) is 4.34. The maximum Gasteiger partial charge on any atom is 0.336 e. The van der Waals surface area contributed by atoms with Crippen molar-refractivity contribution >= 4 is 5.97 Å². The molecule has 1 atom stereocenters. The molecule has 2 aliphatic rings. The largest absolute Gasteiger partial charge is 0.492 e. The Morgan fingerprint density at radius 3 is 2.55 bits per heavy atom. The molecule has 0 aromatic heterocycles. The average Bonchev–Trinajstić information content (AvgIpc) is 3.04. The number of hydrogen-bond donors (Lipinski definition) is 1. The second-order valence-corrected chi connectivity index (χ2v) is 8.18. The summed E-state index contributed by atoms with van der Waals surface area (Å²) < 4.78 is 17.1. The fourth-order valence-electron chi connectivity index (χ4n) is 4.34. The number of carbonyl (C=O) groups excluding carboxylic acids is 1. The molecular formula is C25H32N2O4. The average molecular weight is 425 g/mol. The summed E-state index contributed by atoms with van der Waals surface area (Å²) in [6.07, 6.45) is 6.93. The van der Waals surface area contributed by atoms with Crippen molar-refractivity contribution in [1.29, 1.82) is 5.26 Å². The van der Waals surface area contributed by atoms with E-state index in [1.807, 2.05) is 32.0 Å². The van der Waals surface area contributed by atoms with Crippen molar-refractivity contribution in [2.75, 3.05) is 20.3 Å². The number of ether oxygens (including phenoxy) is 3. The standard InChI is InChI=1S/C25H32N2O4/c1-17-22(25(28)30-14-13-29-3)23(20-10-8-9-19(15-20)16-26)24(18(2)27-17)31-21-11-6-4-5-7-12-21/h8-10,15,21,23,27H,4-7,11-14H2,1-3H3. The second kappa shape index (κ2) is 11.0. The highest BCUT2D eigenvalue weighted by Gasteiger charge is 2.36. The summed E-state index contributed by atoms with van der Waals surface area (Å²) in [7, 11) is 1.57. The maximum atomic E-state index is 13.1. The summed E-state index contributed by atoms with van der Waals surface area (Å²) in [5.41, 5.74) is 3.54. The van der Waals surface area contributed by atoms with E-state index >= 15 is 0 Å². The lowest BCUT2D eigenvalue weighted by Crippen LogP contribution is -2.32. The first-order valence-electron chi connectivity index (χ1n) is 11.1. The Labute approximate surface area is 184 Å². The Morgan fingerprint density at radius 2 is 1.87 bits per heavy atom. The molecule has 1 aliphatic carbocycles. The number of allylic oxidation sites excluding steroid dienone is 3. The lowest BCUT2D eigenvalue weighted by atomic mass is 9.84. The van der Waals surface area contributed by atoms with E-state index in [0.717, 1.165) is 48.4 Å². The SMILES string of the molecule is COCCOC(=O)C1=C(C)NC(C)=C(OC2CCCCCC2)C1c1cccc(C#N)c1. The van der Waals surface area contributed by atoms with Crippen LogP contribution in [-0.4, -0.2) is 32.4 Å². The topological polar surface area (TPSA) is 80.6 Å². The van der Waals surface area contributed by atoms with Crippen LogP contribution in [0.3, 0.4) is 0 Å². The summed E-state index contributed by atoms with van der Waals surface area (Å²) in [4.78, 5) is 13.1. The minimum Gasteiger partial charge on any atom is -0.492 e. The van der Waals surface area contributed by atoms with Crippen molar-refractivity contribution in [1.82, 2.24) is 5.32 Å². The molecule has 1 fully saturated rings. The van der Waals surface area contributed by atoms with Gasteiger partial charge in [0.25, 0.3) is 0 Å². The fraction of sp³-hybridized carbons (Fsp3) is 0.520. The monoisotopic (exact) mass is 424 g/mol. The van der Waals surface area contributed by atoms with Crippen molar-refractivity contribution in [3.05, 3.63) is 58.1 Å². The van der Waals surface area contributed by atoms with E-state index in [0.29, 0.717) is 17.7 Å². The molecule has 1 aromatic carbocycles. The number of rotatable bonds is 7. The zero-order valence-corrected chi connectivity index (χ0v) is 18.7. The number of nitrogens with one attached hydrogen (secondary N) is 1. The van der Waals surface area contributed by atoms with Crippen LogP contribution in [0, 0.1) is 11.3 Å². The highest BCUT2D eigenvalue weighted by Crippen LogP contribution is 2.41. The van der Waals surface area contributed by atoms with Crippen LogP contribution in [0.1, 0.15) is 69.4 Å². The molecule has 1 unspecified atom stereocenters. The molecule has 3 rings (SSSR count). The van der Waals surface area contributed by atoms with Gasteiger partial charge in [-0.25, -0.2) is 4.79 Å². The van der Waals surface area contributed by atoms with Crippen molar-refractivity contribution in [2.24, 2.45) is 0 Å². The van der Waals surface area contributed by atoms with Gasteiger partial charge in [-0.05, 0) is 57.2 Å². The van der Waals surface area contributed by atoms with Crippen molar-refractivity contribution in [3.8, 4) is 6.07 Å². The van der Waals surface area contributed by atoms with E-state index in [9.17, 15) is 10.1 Å². The van der Waals surface area contributed by atoms with E-state index in [4.69, 9.17) is 14.2 Å². The predicted octanol–water partition coefficient (Wildman–Crippen LogP) is 4.68. The van der Waals surface area contributed by atoms with Gasteiger partial charge in [-0.2, -0.15) is 5.26 Å². The third-order valence-corrected chi connectivity index (χ3v) is 5.88. The predicted molar refractivity (Wildman–Crippen MR) is 118 cm³/mol. The number of hydrogen-bond acceptors (Lipinski definition) is 6. The van der Waals surface area contributed by atoms with Gasteiger partial charge in [0, 0.05) is 12.8 Å². The van der Waals surface area contributed by atoms with Crippen LogP contribution >= 0.6 is 0 Å². The highest BCUT2D eigenvalue weighted by atomic mass is 16.6. The molecule has 166 valence electrons. The molecule has 31 heavy (non-hydrogen) atoms. The number of carbonyl (C=O) groups is 1. The van der Waals surface area contributed by atoms with Gasteiger partial charge in [0.05, 0.1) is 41.5 Å². The van der Waals surface area contributed by atoms with Crippen LogP contribution in [0.4, 0.5) is 0 Å². The van der Waals surface area contributed by atoms with E-state index in [1.165, 1.54) is 12.8 Å². The zero-order chi connectivity index (χ0) is 22.2. The Morgan fingerprint density at radius 1 is 1.13 bits per heavy atom. The molecule has 0 saturated heterocycles. The zero-order valence-electron chi connectivity index (χ0n) is 18.7. The highest BCUT2D eigenvalue weighted by molar-refractivity contribution is 5.92. The quantitative estimate of drug-likeness (QED) is 0.389. The molecule has 1 saturated carbocycles. The Hall–Kier alpha value is -2.78. The molecule has 6 heteroatoms. The third kappa shape index (κ3) is 5.68. The summed E-state index contributed by atoms with van der Waals surface area (Å²) in [6.45, 7) is 4.36. The number of nitriles is 1. The van der Waals surface area contributed by atoms with E-state index in [2.05, 4.69) is 11.4 Å². The van der Waals surface area contributed by atoms with Gasteiger partial charge in [-0.3, -0.25) is 0 Å². The molecule has 1 aromatic rings. The second-order valence-electron chi connectivity index (χ2n) is 8.18. The molecule has 0 bridgehead atoms. The summed E-state index contributed by atoms with van der Waals surface area (Å²) in [5.74, 6) is -0.0805. The molecule has 0 spiro atoms. The lowest BCUT2D eigenvalue weighted by molar-refractivity contribution is -0.140. The molecule has 1 aliphatic heterocycles. The minimum absolute atomic E-state index is 0.125. The number of benzene rings is 1. The van der Waals surface area contributed by atoms with Gasteiger partial charge >= 0.3 is 5.97 Å². The maximum absolute atomic E-state index is 13.1. The number of methoxy groups -OCH3 is 1. The van der Waals surface area contributed by atoms with Crippen LogP contribution in [0.15, 0.2) is 47.0 Å². The summed E-state index contributed by atoms with van der Waals surface area (Å²) in [6, 6.07) is 9.58. The molecule has 1 heterocycles. The lowest BCUT2D eigenvalue weighted by Gasteiger charge is -2.33. The van der Waals surface area contributed by atoms with E-state index < -0.39 is 11.9 Å². The first-order chi connectivity index (χ1) is 15.0. The van der Waals surface area contributed by atoms with Crippen molar-refractivity contribution in [3.63, 3.8) is 0 Å². The molecule has 0 amide bonds. The van der Waals surface area contributed by atoms with E-state index in [-0.39, 0.29) is 12.7 Å². The number of nitrogens with zero attached hydrogens (tertiary/aromatic N) is 1. The van der Waals surface area contributed by atoms with Gasteiger partial charge in [0.2, 0.25) is 0 Å². The van der Waals surface area contributed by atoms with Gasteiger partial charge in [0.1, 0.15) is 12.4 Å². The normalized spacial score (nSPS) is 20.0. The van der Waals surface area contributed by atoms with Crippen LogP contribution in [0.25, 0.3) is 0 Å². The first-order valence-corrected chi connectivity index (χ1v) is 11.1. The molecule has 0 radical (unpaired) electrons. The molecule has 6 nitrogen and oxygen atoms in total. The van der Waals surface area contributed by atoms with E-state index in [1.54, 1.807) is 13.2 Å². The summed E-state index contributed by atoms with van der Waals surface area (Å²) in [5, 5.41) is 12.7. The third-order valence-electron chi connectivity index (χ3n) is 5.88. The number of esters is 1. The summed E-state index contributed by atoms with van der Waals surface area (Å²) >= 11 is 0. The smallest absolute Gasteiger partial charge is 0.336 e. The number of dihydropyridines is 1. The van der Waals surface area contributed by atoms with Crippen molar-refractivity contribution in [2.45, 2.75) is 64.4 Å². The molecular weight excluding hydrogens is 392 g/mol. The van der Waals surface area contributed by atoms with Gasteiger partial charge < -0.3 is 19.5 Å². The minimum atomic E-state index is -0.423. The van der Waals surface area contributed by atoms with Gasteiger partial charge in [-0.15, -0.1) is 0 Å². The van der Waals surface area contributed by atoms with Gasteiger partial charge in [0.15, 0.2) is 0 Å².